The van der Waals surface area contributed by atoms with Crippen LogP contribution >= 0.6 is 11.3 Å². The molecule has 2 heterocycles. The highest BCUT2D eigenvalue weighted by atomic mass is 32.1. The summed E-state index contributed by atoms with van der Waals surface area (Å²) in [6.07, 6.45) is 3.65. The van der Waals surface area contributed by atoms with Gasteiger partial charge in [0, 0.05) is 24.2 Å². The van der Waals surface area contributed by atoms with Crippen LogP contribution in [-0.2, 0) is 11.3 Å². The van der Waals surface area contributed by atoms with E-state index in [1.54, 1.807) is 11.3 Å². The van der Waals surface area contributed by atoms with E-state index in [2.05, 4.69) is 9.88 Å². The summed E-state index contributed by atoms with van der Waals surface area (Å²) in [5.41, 5.74) is 1.81. The van der Waals surface area contributed by atoms with Crippen molar-refractivity contribution in [2.24, 2.45) is 5.92 Å². The van der Waals surface area contributed by atoms with Crippen molar-refractivity contribution in [1.82, 2.24) is 9.88 Å². The Balaban J connectivity index is 1.90. The van der Waals surface area contributed by atoms with E-state index in [1.807, 2.05) is 11.7 Å². The summed E-state index contributed by atoms with van der Waals surface area (Å²) < 4.78 is 0. The maximum absolute atomic E-state index is 10.9. The third-order valence-corrected chi connectivity index (χ3v) is 3.48. The van der Waals surface area contributed by atoms with Crippen LogP contribution in [-0.4, -0.2) is 34.0 Å². The molecule has 0 amide bonds. The molecular formula is C10H14N2O2S. The van der Waals surface area contributed by atoms with E-state index >= 15 is 0 Å². The SMILES string of the molecule is O=C(O)[C@H]1CCCN(Cc2cncs2)C1. The van der Waals surface area contributed by atoms with Gasteiger partial charge in [0.25, 0.3) is 0 Å². The van der Waals surface area contributed by atoms with Crippen molar-refractivity contribution in [2.75, 3.05) is 13.1 Å². The Bertz CT molecular complexity index is 326. The number of aromatic nitrogens is 1. The standard InChI is InChI=1S/C10H14N2O2S/c13-10(14)8-2-1-3-12(5-8)6-9-4-11-7-15-9/h4,7-8H,1-3,5-6H2,(H,13,14)/t8-/m0/s1. The lowest BCUT2D eigenvalue weighted by atomic mass is 9.98. The number of aliphatic carboxylic acids is 1. The van der Waals surface area contributed by atoms with Crippen molar-refractivity contribution in [1.29, 1.82) is 0 Å². The van der Waals surface area contributed by atoms with Gasteiger partial charge in [-0.2, -0.15) is 0 Å². The summed E-state index contributed by atoms with van der Waals surface area (Å²) in [5, 5.41) is 8.95. The van der Waals surface area contributed by atoms with Gasteiger partial charge in [-0.15, -0.1) is 11.3 Å². The van der Waals surface area contributed by atoms with Crippen LogP contribution in [0.3, 0.4) is 0 Å². The number of nitrogens with zero attached hydrogens (tertiary/aromatic N) is 2. The van der Waals surface area contributed by atoms with Crippen LogP contribution in [0.4, 0.5) is 0 Å². The molecule has 1 atom stereocenters. The first-order valence-corrected chi connectivity index (χ1v) is 5.96. The molecule has 0 aliphatic carbocycles. The minimum atomic E-state index is -0.663. The minimum Gasteiger partial charge on any atom is -0.481 e. The van der Waals surface area contributed by atoms with Crippen LogP contribution < -0.4 is 0 Å². The number of hydrogen-bond acceptors (Lipinski definition) is 4. The van der Waals surface area contributed by atoms with Crippen molar-refractivity contribution >= 4 is 17.3 Å². The predicted octanol–water partition coefficient (Wildman–Crippen LogP) is 1.44. The molecule has 0 radical (unpaired) electrons. The fraction of sp³-hybridized carbons (Fsp3) is 0.600. The highest BCUT2D eigenvalue weighted by Crippen LogP contribution is 2.19. The molecule has 0 bridgehead atoms. The number of carbonyl (C=O) groups is 1. The molecule has 1 saturated heterocycles. The molecule has 0 spiro atoms. The largest absolute Gasteiger partial charge is 0.481 e. The van der Waals surface area contributed by atoms with Gasteiger partial charge in [0.1, 0.15) is 0 Å². The molecule has 15 heavy (non-hydrogen) atoms. The second-order valence-electron chi connectivity index (χ2n) is 3.88. The van der Waals surface area contributed by atoms with E-state index in [0.29, 0.717) is 6.54 Å². The zero-order valence-corrected chi connectivity index (χ0v) is 9.24. The smallest absolute Gasteiger partial charge is 0.307 e. The van der Waals surface area contributed by atoms with Gasteiger partial charge in [0.05, 0.1) is 11.4 Å². The van der Waals surface area contributed by atoms with Gasteiger partial charge in [-0.25, -0.2) is 0 Å². The van der Waals surface area contributed by atoms with Crippen LogP contribution in [0.5, 0.6) is 0 Å². The normalized spacial score (nSPS) is 22.8. The Morgan fingerprint density at radius 2 is 2.60 bits per heavy atom. The average molecular weight is 226 g/mol. The minimum absolute atomic E-state index is 0.188. The number of thiazole rings is 1. The number of piperidine rings is 1. The van der Waals surface area contributed by atoms with Crippen LogP contribution in [0.25, 0.3) is 0 Å². The summed E-state index contributed by atoms with van der Waals surface area (Å²) in [5.74, 6) is -0.851. The number of carboxylic acids is 1. The Labute approximate surface area is 92.6 Å². The molecule has 1 aromatic rings. The van der Waals surface area contributed by atoms with Crippen LogP contribution in [0.2, 0.25) is 0 Å². The van der Waals surface area contributed by atoms with Crippen molar-refractivity contribution in [3.63, 3.8) is 0 Å². The molecule has 4 nitrogen and oxygen atoms in total. The second kappa shape index (κ2) is 4.72. The van der Waals surface area contributed by atoms with E-state index in [-0.39, 0.29) is 5.92 Å². The van der Waals surface area contributed by atoms with E-state index < -0.39 is 5.97 Å². The van der Waals surface area contributed by atoms with Crippen molar-refractivity contribution < 1.29 is 9.90 Å². The number of carboxylic acid groups (broad SMARTS) is 1. The maximum Gasteiger partial charge on any atom is 0.307 e. The summed E-state index contributed by atoms with van der Waals surface area (Å²) >= 11 is 1.63. The quantitative estimate of drug-likeness (QED) is 0.847. The van der Waals surface area contributed by atoms with Gasteiger partial charge in [-0.1, -0.05) is 0 Å². The maximum atomic E-state index is 10.9. The lowest BCUT2D eigenvalue weighted by Gasteiger charge is -2.29. The summed E-state index contributed by atoms with van der Waals surface area (Å²) in [6, 6.07) is 0. The van der Waals surface area contributed by atoms with Crippen LogP contribution in [0.1, 0.15) is 17.7 Å². The first-order valence-electron chi connectivity index (χ1n) is 5.08. The van der Waals surface area contributed by atoms with Crippen LogP contribution in [0, 0.1) is 5.92 Å². The molecule has 1 aromatic heterocycles. The molecule has 5 heteroatoms. The third-order valence-electron chi connectivity index (χ3n) is 2.72. The number of hydrogen-bond donors (Lipinski definition) is 1. The third kappa shape index (κ3) is 2.76. The molecule has 0 saturated carbocycles. The van der Waals surface area contributed by atoms with Crippen molar-refractivity contribution in [3.05, 3.63) is 16.6 Å². The second-order valence-corrected chi connectivity index (χ2v) is 4.85. The molecule has 1 aliphatic rings. The molecule has 82 valence electrons. The first-order chi connectivity index (χ1) is 7.25. The van der Waals surface area contributed by atoms with E-state index in [1.165, 1.54) is 4.88 Å². The molecular weight excluding hydrogens is 212 g/mol. The summed E-state index contributed by atoms with van der Waals surface area (Å²) in [4.78, 5) is 18.3. The molecule has 2 rings (SSSR count). The molecule has 1 N–H and O–H groups in total. The first kappa shape index (κ1) is 10.6. The van der Waals surface area contributed by atoms with E-state index in [9.17, 15) is 4.79 Å². The summed E-state index contributed by atoms with van der Waals surface area (Å²) in [7, 11) is 0. The Kier molecular flexibility index (Phi) is 3.33. The van der Waals surface area contributed by atoms with Crippen molar-refractivity contribution in [3.8, 4) is 0 Å². The zero-order chi connectivity index (χ0) is 10.7. The fourth-order valence-corrected chi connectivity index (χ4v) is 2.58. The number of rotatable bonds is 3. The highest BCUT2D eigenvalue weighted by Gasteiger charge is 2.25. The Morgan fingerprint density at radius 1 is 1.73 bits per heavy atom. The van der Waals surface area contributed by atoms with Gasteiger partial charge in [0.15, 0.2) is 0 Å². The topological polar surface area (TPSA) is 53.4 Å². The van der Waals surface area contributed by atoms with Crippen LogP contribution in [0.15, 0.2) is 11.7 Å². The summed E-state index contributed by atoms with van der Waals surface area (Å²) in [6.45, 7) is 2.52. The van der Waals surface area contributed by atoms with Gasteiger partial charge in [-0.05, 0) is 19.4 Å². The van der Waals surface area contributed by atoms with E-state index in [4.69, 9.17) is 5.11 Å². The highest BCUT2D eigenvalue weighted by molar-refractivity contribution is 7.09. The number of likely N-dealkylation sites (tertiary alicyclic amines) is 1. The van der Waals surface area contributed by atoms with Gasteiger partial charge >= 0.3 is 5.97 Å². The molecule has 0 unspecified atom stereocenters. The van der Waals surface area contributed by atoms with Crippen molar-refractivity contribution in [2.45, 2.75) is 19.4 Å². The van der Waals surface area contributed by atoms with E-state index in [0.717, 1.165) is 25.9 Å². The van der Waals surface area contributed by atoms with Gasteiger partial charge in [0.2, 0.25) is 0 Å². The zero-order valence-electron chi connectivity index (χ0n) is 8.43. The van der Waals surface area contributed by atoms with Gasteiger partial charge in [-0.3, -0.25) is 14.7 Å². The lowest BCUT2D eigenvalue weighted by Crippen LogP contribution is -2.37. The Morgan fingerprint density at radius 3 is 3.27 bits per heavy atom. The molecule has 1 aliphatic heterocycles. The fourth-order valence-electron chi connectivity index (χ4n) is 1.94. The molecule has 0 aromatic carbocycles. The Hall–Kier alpha value is -0.940. The van der Waals surface area contributed by atoms with Gasteiger partial charge < -0.3 is 5.11 Å². The molecule has 1 fully saturated rings. The lowest BCUT2D eigenvalue weighted by molar-refractivity contribution is -0.143. The average Bonchev–Trinajstić information content (AvgIpc) is 2.71. The monoisotopic (exact) mass is 226 g/mol. The predicted molar refractivity (Wildman–Crippen MR) is 57.8 cm³/mol.